The topological polar surface area (TPSA) is 78.5 Å². The summed E-state index contributed by atoms with van der Waals surface area (Å²) in [5.74, 6) is 0. The van der Waals surface area contributed by atoms with Gasteiger partial charge >= 0.3 is 0 Å². The molecule has 0 aliphatic rings. The molecule has 0 saturated carbocycles. The molecule has 2 aromatic heterocycles. The Morgan fingerprint density at radius 2 is 2.50 bits per heavy atom. The Bertz CT molecular complexity index is 480. The lowest BCUT2D eigenvalue weighted by atomic mass is 10.1. The van der Waals surface area contributed by atoms with Crippen molar-refractivity contribution in [3.05, 3.63) is 30.1 Å². The maximum Gasteiger partial charge on any atom is 0.137 e. The van der Waals surface area contributed by atoms with Crippen LogP contribution in [0.3, 0.4) is 0 Å². The van der Waals surface area contributed by atoms with E-state index in [0.29, 0.717) is 6.42 Å². The smallest absolute Gasteiger partial charge is 0.137 e. The van der Waals surface area contributed by atoms with Crippen molar-refractivity contribution < 1.29 is 0 Å². The zero-order chi connectivity index (χ0) is 9.97. The fraction of sp³-hybridized carbons (Fsp3) is 0.200. The Hall–Kier alpha value is -1.86. The van der Waals surface area contributed by atoms with E-state index in [1.165, 1.54) is 0 Å². The number of nitriles is 1. The average Bonchev–Trinajstić information content (AvgIpc) is 2.64. The van der Waals surface area contributed by atoms with Crippen molar-refractivity contribution in [2.24, 2.45) is 5.73 Å². The van der Waals surface area contributed by atoms with Gasteiger partial charge in [0.1, 0.15) is 5.65 Å². The fourth-order valence-electron chi connectivity index (χ4n) is 1.38. The normalized spacial score (nSPS) is 12.6. The van der Waals surface area contributed by atoms with Crippen LogP contribution in [-0.2, 0) is 0 Å². The van der Waals surface area contributed by atoms with Gasteiger partial charge in [0, 0.05) is 23.8 Å². The summed E-state index contributed by atoms with van der Waals surface area (Å²) in [6.07, 6.45) is 3.86. The number of rotatable bonds is 2. The van der Waals surface area contributed by atoms with Crippen molar-refractivity contribution in [1.29, 1.82) is 5.26 Å². The van der Waals surface area contributed by atoms with Crippen LogP contribution in [0.1, 0.15) is 18.0 Å². The van der Waals surface area contributed by atoms with Crippen LogP contribution >= 0.6 is 0 Å². The van der Waals surface area contributed by atoms with Crippen molar-refractivity contribution in [3.63, 3.8) is 0 Å². The summed E-state index contributed by atoms with van der Waals surface area (Å²) < 4.78 is 0. The Morgan fingerprint density at radius 3 is 3.29 bits per heavy atom. The molecule has 2 aromatic rings. The van der Waals surface area contributed by atoms with E-state index in [1.807, 2.05) is 24.4 Å². The largest absolute Gasteiger partial charge is 0.346 e. The van der Waals surface area contributed by atoms with Crippen molar-refractivity contribution in [2.75, 3.05) is 0 Å². The molecule has 0 aliphatic heterocycles. The van der Waals surface area contributed by atoms with Gasteiger partial charge in [0.05, 0.1) is 12.5 Å². The molecule has 0 aliphatic carbocycles. The van der Waals surface area contributed by atoms with Gasteiger partial charge in [-0.05, 0) is 17.7 Å². The van der Waals surface area contributed by atoms with Gasteiger partial charge in [-0.1, -0.05) is 0 Å². The van der Waals surface area contributed by atoms with E-state index in [0.717, 1.165) is 16.6 Å². The number of H-pyrrole nitrogens is 1. The highest BCUT2D eigenvalue weighted by Crippen LogP contribution is 2.17. The molecule has 0 radical (unpaired) electrons. The number of aromatic amines is 1. The zero-order valence-electron chi connectivity index (χ0n) is 7.57. The number of fused-ring (bicyclic) bond motifs is 1. The van der Waals surface area contributed by atoms with Crippen LogP contribution in [0.2, 0.25) is 0 Å². The zero-order valence-corrected chi connectivity index (χ0v) is 7.57. The van der Waals surface area contributed by atoms with E-state index >= 15 is 0 Å². The minimum Gasteiger partial charge on any atom is -0.346 e. The number of hydrogen-bond donors (Lipinski definition) is 2. The second kappa shape index (κ2) is 3.48. The first-order chi connectivity index (χ1) is 6.81. The second-order valence-electron chi connectivity index (χ2n) is 3.15. The van der Waals surface area contributed by atoms with E-state index in [4.69, 9.17) is 11.0 Å². The molecule has 0 fully saturated rings. The van der Waals surface area contributed by atoms with Crippen LogP contribution < -0.4 is 5.73 Å². The van der Waals surface area contributed by atoms with Crippen molar-refractivity contribution >= 4 is 11.0 Å². The lowest BCUT2D eigenvalue weighted by Gasteiger charge is -2.06. The molecule has 1 unspecified atom stereocenters. The number of nitrogens with two attached hydrogens (primary N) is 1. The summed E-state index contributed by atoms with van der Waals surface area (Å²) in [5, 5.41) is 9.54. The number of aromatic nitrogens is 2. The Kier molecular flexibility index (Phi) is 2.17. The molecule has 0 aromatic carbocycles. The van der Waals surface area contributed by atoms with Crippen LogP contribution in [-0.4, -0.2) is 9.97 Å². The van der Waals surface area contributed by atoms with Gasteiger partial charge in [-0.2, -0.15) is 5.26 Å². The predicted octanol–water partition coefficient (Wildman–Crippen LogP) is 1.48. The van der Waals surface area contributed by atoms with Crippen molar-refractivity contribution in [2.45, 2.75) is 12.5 Å². The first-order valence-corrected chi connectivity index (χ1v) is 4.37. The molecule has 3 N–H and O–H groups in total. The molecule has 2 heterocycles. The number of nitrogens with one attached hydrogen (secondary N) is 1. The quantitative estimate of drug-likeness (QED) is 0.745. The van der Waals surface area contributed by atoms with Crippen LogP contribution in [0.4, 0.5) is 0 Å². The molecular weight excluding hydrogens is 176 g/mol. The fourth-order valence-corrected chi connectivity index (χ4v) is 1.38. The van der Waals surface area contributed by atoms with Gasteiger partial charge in [-0.15, -0.1) is 0 Å². The van der Waals surface area contributed by atoms with Crippen molar-refractivity contribution in [3.8, 4) is 6.07 Å². The van der Waals surface area contributed by atoms with Crippen LogP contribution in [0, 0.1) is 11.3 Å². The van der Waals surface area contributed by atoms with Gasteiger partial charge in [-0.3, -0.25) is 0 Å². The van der Waals surface area contributed by atoms with E-state index in [9.17, 15) is 0 Å². The summed E-state index contributed by atoms with van der Waals surface area (Å²) in [7, 11) is 0. The average molecular weight is 186 g/mol. The maximum absolute atomic E-state index is 8.51. The highest BCUT2D eigenvalue weighted by molar-refractivity contribution is 5.75. The minimum absolute atomic E-state index is 0.244. The third-order valence-electron chi connectivity index (χ3n) is 2.16. The summed E-state index contributed by atoms with van der Waals surface area (Å²) in [5.41, 5.74) is 7.54. The SMILES string of the molecule is N#CCC(N)c1cnc2[nH]ccc2c1. The third kappa shape index (κ3) is 1.45. The molecule has 2 rings (SSSR count). The Balaban J connectivity index is 2.39. The molecule has 0 bridgehead atoms. The van der Waals surface area contributed by atoms with Gasteiger partial charge in [0.15, 0.2) is 0 Å². The highest BCUT2D eigenvalue weighted by Gasteiger charge is 2.06. The number of hydrogen-bond acceptors (Lipinski definition) is 3. The summed E-state index contributed by atoms with van der Waals surface area (Å²) in [6, 6.07) is 5.70. The van der Waals surface area contributed by atoms with E-state index in [1.54, 1.807) is 6.20 Å². The summed E-state index contributed by atoms with van der Waals surface area (Å²) in [6.45, 7) is 0. The Labute approximate surface area is 81.4 Å². The lowest BCUT2D eigenvalue weighted by molar-refractivity contribution is 0.746. The first kappa shape index (κ1) is 8.73. The van der Waals surface area contributed by atoms with Crippen molar-refractivity contribution in [1.82, 2.24) is 9.97 Å². The van der Waals surface area contributed by atoms with Gasteiger partial charge in [0.2, 0.25) is 0 Å². The van der Waals surface area contributed by atoms with Gasteiger partial charge < -0.3 is 10.7 Å². The minimum atomic E-state index is -0.244. The molecule has 0 amide bonds. The van der Waals surface area contributed by atoms with E-state index in [-0.39, 0.29) is 6.04 Å². The standard InChI is InChI=1S/C10H10N4/c11-3-1-9(12)8-5-7-2-4-13-10(7)14-6-8/h2,4-6,9H,1,12H2,(H,13,14). The van der Waals surface area contributed by atoms with E-state index < -0.39 is 0 Å². The molecule has 4 heteroatoms. The molecule has 0 saturated heterocycles. The predicted molar refractivity (Wildman–Crippen MR) is 53.3 cm³/mol. The maximum atomic E-state index is 8.51. The van der Waals surface area contributed by atoms with Gasteiger partial charge in [-0.25, -0.2) is 4.98 Å². The molecule has 14 heavy (non-hydrogen) atoms. The molecule has 4 nitrogen and oxygen atoms in total. The summed E-state index contributed by atoms with van der Waals surface area (Å²) in [4.78, 5) is 7.20. The monoisotopic (exact) mass is 186 g/mol. The lowest BCUT2D eigenvalue weighted by Crippen LogP contribution is -2.09. The summed E-state index contributed by atoms with van der Waals surface area (Å²) >= 11 is 0. The molecule has 1 atom stereocenters. The molecular formula is C10H10N4. The van der Waals surface area contributed by atoms with Crippen LogP contribution in [0.15, 0.2) is 24.5 Å². The molecule has 0 spiro atoms. The highest BCUT2D eigenvalue weighted by atomic mass is 14.8. The van der Waals surface area contributed by atoms with Gasteiger partial charge in [0.25, 0.3) is 0 Å². The Morgan fingerprint density at radius 1 is 1.64 bits per heavy atom. The third-order valence-corrected chi connectivity index (χ3v) is 2.16. The number of nitrogens with zero attached hydrogens (tertiary/aromatic N) is 2. The molecule has 70 valence electrons. The van der Waals surface area contributed by atoms with Crippen LogP contribution in [0.25, 0.3) is 11.0 Å². The second-order valence-corrected chi connectivity index (χ2v) is 3.15. The number of pyridine rings is 1. The van der Waals surface area contributed by atoms with Crippen LogP contribution in [0.5, 0.6) is 0 Å². The van der Waals surface area contributed by atoms with E-state index in [2.05, 4.69) is 9.97 Å². The first-order valence-electron chi connectivity index (χ1n) is 4.37.